The van der Waals surface area contributed by atoms with E-state index in [0.29, 0.717) is 12.3 Å². The van der Waals surface area contributed by atoms with E-state index < -0.39 is 20.2 Å². The lowest BCUT2D eigenvalue weighted by Crippen LogP contribution is -2.23. The Hall–Kier alpha value is -1.57. The molecule has 0 saturated heterocycles. The number of nitrogens with one attached hydrogen (secondary N) is 1. The highest BCUT2D eigenvalue weighted by Crippen LogP contribution is 2.30. The van der Waals surface area contributed by atoms with Crippen molar-refractivity contribution in [3.8, 4) is 0 Å². The van der Waals surface area contributed by atoms with Crippen LogP contribution in [-0.2, 0) is 14.6 Å². The molecule has 0 heterocycles. The van der Waals surface area contributed by atoms with Crippen molar-refractivity contribution in [1.82, 2.24) is 0 Å². The molecule has 1 unspecified atom stereocenters. The Balaban J connectivity index is 2.85. The van der Waals surface area contributed by atoms with E-state index in [1.54, 1.807) is 6.92 Å². The van der Waals surface area contributed by atoms with Gasteiger partial charge in [-0.25, -0.2) is 8.42 Å². The molecular formula is C14H18F3NO3S. The molecule has 0 saturated carbocycles. The van der Waals surface area contributed by atoms with Gasteiger partial charge in [0, 0.05) is 11.6 Å². The van der Waals surface area contributed by atoms with Crippen LogP contribution >= 0.6 is 0 Å². The summed E-state index contributed by atoms with van der Waals surface area (Å²) in [5, 5.41) is 2.55. The zero-order valence-electron chi connectivity index (χ0n) is 12.4. The van der Waals surface area contributed by atoms with Crippen LogP contribution in [0.3, 0.4) is 0 Å². The minimum atomic E-state index is -5.37. The Morgan fingerprint density at radius 2 is 1.64 bits per heavy atom. The van der Waals surface area contributed by atoms with Crippen LogP contribution in [0.2, 0.25) is 0 Å². The van der Waals surface area contributed by atoms with E-state index in [-0.39, 0.29) is 17.5 Å². The molecule has 0 aromatic heterocycles. The first-order chi connectivity index (χ1) is 9.95. The van der Waals surface area contributed by atoms with Crippen LogP contribution in [0.1, 0.15) is 27.2 Å². The van der Waals surface area contributed by atoms with Crippen LogP contribution in [0.4, 0.5) is 18.9 Å². The third-order valence-corrected chi connectivity index (χ3v) is 4.51. The van der Waals surface area contributed by atoms with Crippen LogP contribution in [0.25, 0.3) is 0 Å². The SMILES string of the molecule is CC(C)CC(C)C(=O)Nc1ccc(S(=O)(=O)C(F)(F)F)cc1. The molecule has 1 aromatic carbocycles. The highest BCUT2D eigenvalue weighted by atomic mass is 32.2. The molecule has 1 amide bonds. The summed E-state index contributed by atoms with van der Waals surface area (Å²) in [6.07, 6.45) is 0.673. The standard InChI is InChI=1S/C14H18F3NO3S/c1-9(2)8-10(3)13(19)18-11-4-6-12(7-5-11)22(20,21)14(15,16)17/h4-7,9-10H,8H2,1-3H3,(H,18,19). The zero-order chi connectivity index (χ0) is 17.1. The average Bonchev–Trinajstić information content (AvgIpc) is 2.37. The predicted octanol–water partition coefficient (Wildman–Crippen LogP) is 3.60. The molecule has 0 fully saturated rings. The lowest BCUT2D eigenvalue weighted by atomic mass is 9.98. The number of carbonyl (C=O) groups is 1. The summed E-state index contributed by atoms with van der Waals surface area (Å²) in [7, 11) is -5.37. The lowest BCUT2D eigenvalue weighted by Gasteiger charge is -2.14. The average molecular weight is 337 g/mol. The van der Waals surface area contributed by atoms with Crippen molar-refractivity contribution in [2.24, 2.45) is 11.8 Å². The van der Waals surface area contributed by atoms with E-state index in [1.807, 2.05) is 13.8 Å². The molecule has 0 radical (unpaired) electrons. The van der Waals surface area contributed by atoms with Crippen LogP contribution in [-0.4, -0.2) is 19.8 Å². The van der Waals surface area contributed by atoms with Crippen molar-refractivity contribution in [3.63, 3.8) is 0 Å². The largest absolute Gasteiger partial charge is 0.501 e. The van der Waals surface area contributed by atoms with Gasteiger partial charge in [0.05, 0.1) is 4.90 Å². The van der Waals surface area contributed by atoms with Crippen LogP contribution < -0.4 is 5.32 Å². The van der Waals surface area contributed by atoms with Gasteiger partial charge in [-0.05, 0) is 36.6 Å². The van der Waals surface area contributed by atoms with Gasteiger partial charge in [-0.2, -0.15) is 13.2 Å². The molecule has 1 N–H and O–H groups in total. The van der Waals surface area contributed by atoms with E-state index in [9.17, 15) is 26.4 Å². The monoisotopic (exact) mass is 337 g/mol. The molecule has 22 heavy (non-hydrogen) atoms. The van der Waals surface area contributed by atoms with Crippen molar-refractivity contribution in [2.75, 3.05) is 5.32 Å². The summed E-state index contributed by atoms with van der Waals surface area (Å²) < 4.78 is 59.6. The van der Waals surface area contributed by atoms with Gasteiger partial charge in [0.25, 0.3) is 9.84 Å². The number of anilines is 1. The number of carbonyl (C=O) groups excluding carboxylic acids is 1. The molecule has 124 valence electrons. The van der Waals surface area contributed by atoms with Gasteiger partial charge >= 0.3 is 5.51 Å². The topological polar surface area (TPSA) is 63.2 Å². The molecule has 1 rings (SSSR count). The quantitative estimate of drug-likeness (QED) is 0.893. The molecule has 0 spiro atoms. The highest BCUT2D eigenvalue weighted by molar-refractivity contribution is 7.92. The summed E-state index contributed by atoms with van der Waals surface area (Å²) in [6.45, 7) is 5.69. The molecule has 8 heteroatoms. The maximum absolute atomic E-state index is 12.4. The van der Waals surface area contributed by atoms with E-state index in [4.69, 9.17) is 0 Å². The molecule has 1 aromatic rings. The number of rotatable bonds is 5. The Morgan fingerprint density at radius 1 is 1.14 bits per heavy atom. The number of hydrogen-bond donors (Lipinski definition) is 1. The molecule has 0 aliphatic carbocycles. The fraction of sp³-hybridized carbons (Fsp3) is 0.500. The van der Waals surface area contributed by atoms with Crippen molar-refractivity contribution >= 4 is 21.4 Å². The van der Waals surface area contributed by atoms with Crippen LogP contribution in [0.15, 0.2) is 29.2 Å². The fourth-order valence-corrected chi connectivity index (χ4v) is 2.69. The second-order valence-corrected chi connectivity index (χ2v) is 7.43. The van der Waals surface area contributed by atoms with Gasteiger partial charge in [-0.15, -0.1) is 0 Å². The first-order valence-electron chi connectivity index (χ1n) is 6.67. The van der Waals surface area contributed by atoms with Gasteiger partial charge in [-0.1, -0.05) is 20.8 Å². The van der Waals surface area contributed by atoms with Crippen LogP contribution in [0.5, 0.6) is 0 Å². The predicted molar refractivity (Wildman–Crippen MR) is 76.9 cm³/mol. The van der Waals surface area contributed by atoms with Gasteiger partial charge < -0.3 is 5.32 Å². The maximum atomic E-state index is 12.4. The third-order valence-electron chi connectivity index (χ3n) is 3.01. The van der Waals surface area contributed by atoms with Gasteiger partial charge in [0.15, 0.2) is 0 Å². The molecule has 0 bridgehead atoms. The summed E-state index contributed by atoms with van der Waals surface area (Å²) in [5.74, 6) is -0.182. The van der Waals surface area contributed by atoms with E-state index in [1.165, 1.54) is 0 Å². The van der Waals surface area contributed by atoms with Gasteiger partial charge in [0.2, 0.25) is 5.91 Å². The second kappa shape index (κ2) is 6.68. The van der Waals surface area contributed by atoms with Crippen molar-refractivity contribution in [2.45, 2.75) is 37.6 Å². The van der Waals surface area contributed by atoms with E-state index in [0.717, 1.165) is 24.3 Å². The lowest BCUT2D eigenvalue weighted by molar-refractivity contribution is -0.119. The van der Waals surface area contributed by atoms with Crippen molar-refractivity contribution in [1.29, 1.82) is 0 Å². The molecule has 4 nitrogen and oxygen atoms in total. The number of alkyl halides is 3. The second-order valence-electron chi connectivity index (χ2n) is 5.49. The van der Waals surface area contributed by atoms with E-state index in [2.05, 4.69) is 5.32 Å². The summed E-state index contributed by atoms with van der Waals surface area (Å²) >= 11 is 0. The molecular weight excluding hydrogens is 319 g/mol. The minimum absolute atomic E-state index is 0.251. The Bertz CT molecular complexity index is 622. The van der Waals surface area contributed by atoms with Crippen molar-refractivity contribution < 1.29 is 26.4 Å². The number of amides is 1. The van der Waals surface area contributed by atoms with E-state index >= 15 is 0 Å². The molecule has 0 aliphatic rings. The summed E-state index contributed by atoms with van der Waals surface area (Å²) in [5.41, 5.74) is -5.09. The minimum Gasteiger partial charge on any atom is -0.326 e. The number of benzene rings is 1. The zero-order valence-corrected chi connectivity index (χ0v) is 13.3. The first-order valence-corrected chi connectivity index (χ1v) is 8.15. The maximum Gasteiger partial charge on any atom is 0.501 e. The Morgan fingerprint density at radius 3 is 2.05 bits per heavy atom. The number of halogens is 3. The first kappa shape index (κ1) is 18.5. The number of hydrogen-bond acceptors (Lipinski definition) is 3. The highest BCUT2D eigenvalue weighted by Gasteiger charge is 2.46. The van der Waals surface area contributed by atoms with Crippen LogP contribution in [0, 0.1) is 11.8 Å². The third kappa shape index (κ3) is 4.46. The molecule has 0 aliphatic heterocycles. The van der Waals surface area contributed by atoms with Crippen molar-refractivity contribution in [3.05, 3.63) is 24.3 Å². The molecule has 1 atom stereocenters. The smallest absolute Gasteiger partial charge is 0.326 e. The summed E-state index contributed by atoms with van der Waals surface area (Å²) in [6, 6.07) is 3.92. The Labute approximate surface area is 127 Å². The Kier molecular flexibility index (Phi) is 5.61. The normalized spacial score (nSPS) is 14.0. The fourth-order valence-electron chi connectivity index (χ4n) is 1.93. The van der Waals surface area contributed by atoms with Gasteiger partial charge in [0.1, 0.15) is 0 Å². The summed E-state index contributed by atoms with van der Waals surface area (Å²) in [4.78, 5) is 11.0. The van der Waals surface area contributed by atoms with Gasteiger partial charge in [-0.3, -0.25) is 4.79 Å². The number of sulfone groups is 1.